The van der Waals surface area contributed by atoms with Crippen LogP contribution in [0.2, 0.25) is 5.02 Å². The van der Waals surface area contributed by atoms with Crippen LogP contribution in [0.3, 0.4) is 0 Å². The number of aromatic nitrogens is 2. The Hall–Kier alpha value is -2.10. The number of piperazine rings is 1. The second kappa shape index (κ2) is 10.7. The summed E-state index contributed by atoms with van der Waals surface area (Å²) in [5.41, 5.74) is 1.16. The second-order valence-electron chi connectivity index (χ2n) is 8.06. The number of nitrogens with zero attached hydrogens (tertiary/aromatic N) is 5. The Morgan fingerprint density at radius 3 is 2.34 bits per heavy atom. The van der Waals surface area contributed by atoms with Gasteiger partial charge in [0.2, 0.25) is 5.03 Å². The molecule has 3 rings (SSSR count). The fraction of sp³-hybridized carbons (Fsp3) is 0.545. The van der Waals surface area contributed by atoms with E-state index in [-0.39, 0.29) is 16.5 Å². The predicted octanol–water partition coefficient (Wildman–Crippen LogP) is 3.33. The summed E-state index contributed by atoms with van der Waals surface area (Å²) < 4.78 is 30.0. The molecule has 0 unspecified atom stereocenters. The number of sulfonamides is 1. The molecule has 0 N–H and O–H groups in total. The Morgan fingerprint density at radius 2 is 1.75 bits per heavy atom. The smallest absolute Gasteiger partial charge is 0.263 e. The molecular weight excluding hydrogens is 450 g/mol. The molecule has 1 saturated heterocycles. The number of anilines is 1. The lowest BCUT2D eigenvalue weighted by atomic mass is 10.2. The van der Waals surface area contributed by atoms with Crippen LogP contribution < -0.4 is 4.90 Å². The van der Waals surface area contributed by atoms with Crippen molar-refractivity contribution in [1.29, 1.82) is 0 Å². The number of carbonyl (C=O) groups is 1. The van der Waals surface area contributed by atoms with Crippen molar-refractivity contribution in [2.75, 3.05) is 44.7 Å². The number of halogens is 1. The Kier molecular flexibility index (Phi) is 8.19. The SMILES string of the molecule is CCCCN(C)C(=O)c1cn(CCC)nc1S(=O)(=O)N1CCN(c2ccc(Cl)cc2)CC1. The lowest BCUT2D eigenvalue weighted by Gasteiger charge is -2.35. The summed E-state index contributed by atoms with van der Waals surface area (Å²) in [5.74, 6) is -0.306. The fourth-order valence-electron chi connectivity index (χ4n) is 3.75. The van der Waals surface area contributed by atoms with Gasteiger partial charge in [0, 0.05) is 63.2 Å². The highest BCUT2D eigenvalue weighted by Gasteiger charge is 2.35. The van der Waals surface area contributed by atoms with Crippen molar-refractivity contribution < 1.29 is 13.2 Å². The molecule has 0 saturated carbocycles. The average Bonchev–Trinajstić information content (AvgIpc) is 3.22. The minimum Gasteiger partial charge on any atom is -0.369 e. The van der Waals surface area contributed by atoms with Crippen LogP contribution in [-0.4, -0.2) is 73.1 Å². The van der Waals surface area contributed by atoms with Crippen LogP contribution in [0.1, 0.15) is 43.5 Å². The minimum absolute atomic E-state index is 0.140. The van der Waals surface area contributed by atoms with Gasteiger partial charge in [0.25, 0.3) is 15.9 Å². The van der Waals surface area contributed by atoms with Gasteiger partial charge >= 0.3 is 0 Å². The van der Waals surface area contributed by atoms with Gasteiger partial charge in [-0.05, 0) is 37.1 Å². The molecular formula is C22H32ClN5O3S. The Labute approximate surface area is 195 Å². The molecule has 0 atom stereocenters. The molecule has 0 aliphatic carbocycles. The van der Waals surface area contributed by atoms with E-state index in [1.807, 2.05) is 31.2 Å². The largest absolute Gasteiger partial charge is 0.369 e. The van der Waals surface area contributed by atoms with Gasteiger partial charge in [-0.3, -0.25) is 9.48 Å². The highest BCUT2D eigenvalue weighted by molar-refractivity contribution is 7.89. The van der Waals surface area contributed by atoms with Crippen LogP contribution in [0.15, 0.2) is 35.5 Å². The van der Waals surface area contributed by atoms with Crippen molar-refractivity contribution in [3.05, 3.63) is 41.0 Å². The van der Waals surface area contributed by atoms with E-state index in [1.165, 1.54) is 4.31 Å². The van der Waals surface area contributed by atoms with Gasteiger partial charge in [0.05, 0.1) is 5.56 Å². The summed E-state index contributed by atoms with van der Waals surface area (Å²) in [6.45, 7) is 6.92. The monoisotopic (exact) mass is 481 g/mol. The number of hydrogen-bond acceptors (Lipinski definition) is 5. The van der Waals surface area contributed by atoms with Gasteiger partial charge in [0.1, 0.15) is 0 Å². The molecule has 1 amide bonds. The second-order valence-corrected chi connectivity index (χ2v) is 10.3. The number of unbranched alkanes of at least 4 members (excludes halogenated alkanes) is 1. The molecule has 1 fully saturated rings. The molecule has 176 valence electrons. The van der Waals surface area contributed by atoms with Crippen molar-refractivity contribution in [2.24, 2.45) is 0 Å². The zero-order valence-corrected chi connectivity index (χ0v) is 20.6. The van der Waals surface area contributed by atoms with Crippen molar-refractivity contribution in [3.63, 3.8) is 0 Å². The third-order valence-corrected chi connectivity index (χ3v) is 7.71. The zero-order chi connectivity index (χ0) is 23.3. The van der Waals surface area contributed by atoms with Crippen LogP contribution in [0.5, 0.6) is 0 Å². The van der Waals surface area contributed by atoms with Crippen LogP contribution in [0, 0.1) is 0 Å². The predicted molar refractivity (Wildman–Crippen MR) is 127 cm³/mol. The van der Waals surface area contributed by atoms with Crippen molar-refractivity contribution >= 4 is 33.2 Å². The highest BCUT2D eigenvalue weighted by Crippen LogP contribution is 2.24. The fourth-order valence-corrected chi connectivity index (χ4v) is 5.39. The van der Waals surface area contributed by atoms with E-state index in [9.17, 15) is 13.2 Å². The molecule has 2 heterocycles. The number of aryl methyl sites for hydroxylation is 1. The molecule has 2 aromatic rings. The van der Waals surface area contributed by atoms with Gasteiger partial charge in [-0.2, -0.15) is 9.40 Å². The third-order valence-electron chi connectivity index (χ3n) is 5.62. The van der Waals surface area contributed by atoms with E-state index in [1.54, 1.807) is 22.8 Å². The van der Waals surface area contributed by atoms with Crippen molar-refractivity contribution in [3.8, 4) is 0 Å². The summed E-state index contributed by atoms with van der Waals surface area (Å²) in [5, 5.41) is 4.85. The van der Waals surface area contributed by atoms with Crippen LogP contribution in [0.25, 0.3) is 0 Å². The zero-order valence-electron chi connectivity index (χ0n) is 19.0. The quantitative estimate of drug-likeness (QED) is 0.549. The van der Waals surface area contributed by atoms with E-state index in [4.69, 9.17) is 11.6 Å². The summed E-state index contributed by atoms with van der Waals surface area (Å²) in [7, 11) is -2.19. The average molecular weight is 482 g/mol. The van der Waals surface area contributed by atoms with Crippen molar-refractivity contribution in [1.82, 2.24) is 19.0 Å². The van der Waals surface area contributed by atoms with Gasteiger partial charge in [-0.15, -0.1) is 0 Å². The number of amides is 1. The first-order chi connectivity index (χ1) is 15.3. The van der Waals surface area contributed by atoms with Crippen LogP contribution in [-0.2, 0) is 16.6 Å². The standard InChI is InChI=1S/C22H32ClN5O3S/c1-4-6-12-25(3)22(29)20-17-27(11-5-2)24-21(20)32(30,31)28-15-13-26(14-16-28)19-9-7-18(23)8-10-19/h7-10,17H,4-6,11-16H2,1-3H3. The lowest BCUT2D eigenvalue weighted by Crippen LogP contribution is -2.49. The molecule has 10 heteroatoms. The molecule has 0 bridgehead atoms. The summed E-state index contributed by atoms with van der Waals surface area (Å²) >= 11 is 5.97. The first kappa shape index (κ1) is 24.5. The summed E-state index contributed by atoms with van der Waals surface area (Å²) in [6, 6.07) is 7.52. The van der Waals surface area contributed by atoms with Crippen molar-refractivity contribution in [2.45, 2.75) is 44.7 Å². The topological polar surface area (TPSA) is 78.8 Å². The molecule has 1 aromatic heterocycles. The first-order valence-electron chi connectivity index (χ1n) is 11.1. The number of rotatable bonds is 9. The van der Waals surface area contributed by atoms with E-state index in [0.717, 1.165) is 24.9 Å². The first-order valence-corrected chi connectivity index (χ1v) is 12.9. The van der Waals surface area contributed by atoms with E-state index >= 15 is 0 Å². The molecule has 8 nitrogen and oxygen atoms in total. The molecule has 1 aromatic carbocycles. The summed E-state index contributed by atoms with van der Waals surface area (Å²) in [4.78, 5) is 16.8. The van der Waals surface area contributed by atoms with E-state index < -0.39 is 10.0 Å². The van der Waals surface area contributed by atoms with Crippen LogP contribution in [0.4, 0.5) is 5.69 Å². The Balaban J connectivity index is 1.81. The maximum Gasteiger partial charge on any atom is 0.263 e. The van der Waals surface area contributed by atoms with Crippen LogP contribution >= 0.6 is 11.6 Å². The number of benzene rings is 1. The molecule has 0 radical (unpaired) electrons. The van der Waals surface area contributed by atoms with E-state index in [2.05, 4.69) is 16.9 Å². The highest BCUT2D eigenvalue weighted by atomic mass is 35.5. The van der Waals surface area contributed by atoms with Gasteiger partial charge in [0.15, 0.2) is 0 Å². The lowest BCUT2D eigenvalue weighted by molar-refractivity contribution is 0.0789. The number of carbonyl (C=O) groups excluding carboxylic acids is 1. The maximum absolute atomic E-state index is 13.5. The van der Waals surface area contributed by atoms with Gasteiger partial charge in [-0.25, -0.2) is 8.42 Å². The van der Waals surface area contributed by atoms with Gasteiger partial charge in [-0.1, -0.05) is 31.9 Å². The Bertz CT molecular complexity index is 1010. The molecule has 0 spiro atoms. The molecule has 1 aliphatic rings. The third kappa shape index (κ3) is 5.44. The summed E-state index contributed by atoms with van der Waals surface area (Å²) in [6.07, 6.45) is 4.18. The maximum atomic E-state index is 13.5. The Morgan fingerprint density at radius 1 is 1.09 bits per heavy atom. The van der Waals surface area contributed by atoms with Gasteiger partial charge < -0.3 is 9.80 Å². The number of hydrogen-bond donors (Lipinski definition) is 0. The minimum atomic E-state index is -3.90. The molecule has 1 aliphatic heterocycles. The molecule has 32 heavy (non-hydrogen) atoms. The normalized spacial score (nSPS) is 15.2. The van der Waals surface area contributed by atoms with E-state index in [0.29, 0.717) is 44.3 Å².